The van der Waals surface area contributed by atoms with Crippen molar-refractivity contribution in [2.75, 3.05) is 45.8 Å². The van der Waals surface area contributed by atoms with E-state index in [-0.39, 0.29) is 11.8 Å². The van der Waals surface area contributed by atoms with Crippen LogP contribution in [0.4, 0.5) is 0 Å². The van der Waals surface area contributed by atoms with Crippen LogP contribution in [0.15, 0.2) is 0 Å². The Kier molecular flexibility index (Phi) is 5.54. The van der Waals surface area contributed by atoms with Crippen molar-refractivity contribution >= 4 is 11.8 Å². The lowest BCUT2D eigenvalue weighted by Gasteiger charge is -2.42. The molecule has 2 N–H and O–H groups in total. The lowest BCUT2D eigenvalue weighted by atomic mass is 9.93. The van der Waals surface area contributed by atoms with E-state index in [1.807, 2.05) is 0 Å². The van der Waals surface area contributed by atoms with Crippen LogP contribution in [0.5, 0.6) is 0 Å². The van der Waals surface area contributed by atoms with E-state index in [9.17, 15) is 9.59 Å². The van der Waals surface area contributed by atoms with Crippen molar-refractivity contribution in [1.29, 1.82) is 0 Å². The standard InChI is InChI=1S/C17H30N4O2/c18-16(22)13-19-10-5-15(6-11-19)21-9-3-4-14(12-21)17(23)20-7-1-2-8-20/h14-15H,1-13H2,(H2,18,22)/t14-/m0/s1. The summed E-state index contributed by atoms with van der Waals surface area (Å²) in [5.41, 5.74) is 5.28. The zero-order valence-electron chi connectivity index (χ0n) is 14.1. The zero-order valence-corrected chi connectivity index (χ0v) is 14.1. The summed E-state index contributed by atoms with van der Waals surface area (Å²) in [6.45, 7) is 6.22. The molecule has 3 fully saturated rings. The number of amides is 2. The molecule has 3 aliphatic rings. The fourth-order valence-electron chi connectivity index (χ4n) is 4.40. The van der Waals surface area contributed by atoms with Crippen LogP contribution in [0.1, 0.15) is 38.5 Å². The maximum Gasteiger partial charge on any atom is 0.231 e. The normalized spacial score (nSPS) is 28.2. The molecule has 1 atom stereocenters. The van der Waals surface area contributed by atoms with Gasteiger partial charge in [0.15, 0.2) is 0 Å². The predicted octanol–water partition coefficient (Wildman–Crippen LogP) is 0.271. The van der Waals surface area contributed by atoms with Gasteiger partial charge in [0.05, 0.1) is 12.5 Å². The van der Waals surface area contributed by atoms with Crippen molar-refractivity contribution in [2.24, 2.45) is 11.7 Å². The number of nitrogens with zero attached hydrogens (tertiary/aromatic N) is 3. The molecule has 0 aromatic rings. The number of hydrogen-bond acceptors (Lipinski definition) is 4. The SMILES string of the molecule is NC(=O)CN1CCC(N2CCC[C@H](C(=O)N3CCCC3)C2)CC1. The van der Waals surface area contributed by atoms with Crippen molar-refractivity contribution < 1.29 is 9.59 Å². The van der Waals surface area contributed by atoms with Gasteiger partial charge in [-0.2, -0.15) is 0 Å². The quantitative estimate of drug-likeness (QED) is 0.807. The number of carbonyl (C=O) groups excluding carboxylic acids is 2. The monoisotopic (exact) mass is 322 g/mol. The number of nitrogens with two attached hydrogens (primary N) is 1. The summed E-state index contributed by atoms with van der Waals surface area (Å²) in [7, 11) is 0. The fraction of sp³-hybridized carbons (Fsp3) is 0.882. The van der Waals surface area contributed by atoms with Crippen molar-refractivity contribution in [2.45, 2.75) is 44.6 Å². The van der Waals surface area contributed by atoms with Gasteiger partial charge < -0.3 is 10.6 Å². The van der Waals surface area contributed by atoms with Gasteiger partial charge in [-0.05, 0) is 45.1 Å². The van der Waals surface area contributed by atoms with Gasteiger partial charge in [-0.25, -0.2) is 0 Å². The lowest BCUT2D eigenvalue weighted by Crippen LogP contribution is -2.51. The molecule has 130 valence electrons. The lowest BCUT2D eigenvalue weighted by molar-refractivity contribution is -0.136. The van der Waals surface area contributed by atoms with Crippen molar-refractivity contribution in [3.8, 4) is 0 Å². The Bertz CT molecular complexity index is 428. The Morgan fingerprint density at radius 3 is 2.26 bits per heavy atom. The highest BCUT2D eigenvalue weighted by atomic mass is 16.2. The molecule has 3 heterocycles. The van der Waals surface area contributed by atoms with E-state index >= 15 is 0 Å². The van der Waals surface area contributed by atoms with Crippen LogP contribution < -0.4 is 5.73 Å². The Balaban J connectivity index is 1.49. The number of hydrogen-bond donors (Lipinski definition) is 1. The minimum Gasteiger partial charge on any atom is -0.369 e. The molecule has 23 heavy (non-hydrogen) atoms. The third-order valence-electron chi connectivity index (χ3n) is 5.67. The van der Waals surface area contributed by atoms with Crippen LogP contribution in [0.2, 0.25) is 0 Å². The number of rotatable bonds is 4. The molecule has 0 saturated carbocycles. The second-order valence-electron chi connectivity index (χ2n) is 7.34. The highest BCUT2D eigenvalue weighted by Crippen LogP contribution is 2.26. The summed E-state index contributed by atoms with van der Waals surface area (Å²) in [5, 5.41) is 0. The average molecular weight is 322 g/mol. The third-order valence-corrected chi connectivity index (χ3v) is 5.67. The van der Waals surface area contributed by atoms with Gasteiger partial charge in [-0.3, -0.25) is 19.4 Å². The number of piperidine rings is 2. The molecular weight excluding hydrogens is 292 g/mol. The van der Waals surface area contributed by atoms with Gasteiger partial charge in [0.25, 0.3) is 0 Å². The van der Waals surface area contributed by atoms with E-state index < -0.39 is 0 Å². The smallest absolute Gasteiger partial charge is 0.231 e. The van der Waals surface area contributed by atoms with Gasteiger partial charge >= 0.3 is 0 Å². The molecule has 0 aromatic carbocycles. The zero-order chi connectivity index (χ0) is 16.2. The van der Waals surface area contributed by atoms with Crippen LogP contribution in [-0.2, 0) is 9.59 Å². The molecule has 0 spiro atoms. The van der Waals surface area contributed by atoms with Crippen LogP contribution in [0.3, 0.4) is 0 Å². The highest BCUT2D eigenvalue weighted by molar-refractivity contribution is 5.79. The first-order chi connectivity index (χ1) is 11.1. The van der Waals surface area contributed by atoms with Gasteiger partial charge in [0.1, 0.15) is 0 Å². The molecule has 0 aromatic heterocycles. The Morgan fingerprint density at radius 1 is 0.913 bits per heavy atom. The molecular formula is C17H30N4O2. The fourth-order valence-corrected chi connectivity index (χ4v) is 4.40. The molecule has 0 aliphatic carbocycles. The summed E-state index contributed by atoms with van der Waals surface area (Å²) >= 11 is 0. The summed E-state index contributed by atoms with van der Waals surface area (Å²) in [6.07, 6.45) is 6.68. The summed E-state index contributed by atoms with van der Waals surface area (Å²) in [6, 6.07) is 0.563. The van der Waals surface area contributed by atoms with Crippen molar-refractivity contribution in [3.05, 3.63) is 0 Å². The van der Waals surface area contributed by atoms with Crippen molar-refractivity contribution in [3.63, 3.8) is 0 Å². The van der Waals surface area contributed by atoms with E-state index in [0.29, 0.717) is 18.5 Å². The second-order valence-corrected chi connectivity index (χ2v) is 7.34. The number of primary amides is 1. The van der Waals surface area contributed by atoms with Crippen LogP contribution in [-0.4, -0.2) is 78.4 Å². The van der Waals surface area contributed by atoms with Gasteiger partial charge in [0.2, 0.25) is 11.8 Å². The summed E-state index contributed by atoms with van der Waals surface area (Å²) in [5.74, 6) is 0.349. The molecule has 2 amide bonds. The third kappa shape index (κ3) is 4.23. The minimum absolute atomic E-state index is 0.200. The maximum atomic E-state index is 12.6. The minimum atomic E-state index is -0.238. The molecule has 0 unspecified atom stereocenters. The van der Waals surface area contributed by atoms with Gasteiger partial charge in [0, 0.05) is 38.8 Å². The van der Waals surface area contributed by atoms with E-state index in [1.165, 1.54) is 12.8 Å². The molecule has 6 nitrogen and oxygen atoms in total. The van der Waals surface area contributed by atoms with Crippen LogP contribution in [0.25, 0.3) is 0 Å². The molecule has 3 rings (SSSR count). The molecule has 3 saturated heterocycles. The van der Waals surface area contributed by atoms with E-state index in [2.05, 4.69) is 14.7 Å². The second kappa shape index (κ2) is 7.62. The molecule has 0 bridgehead atoms. The first kappa shape index (κ1) is 16.7. The van der Waals surface area contributed by atoms with Crippen molar-refractivity contribution in [1.82, 2.24) is 14.7 Å². The summed E-state index contributed by atoms with van der Waals surface area (Å²) < 4.78 is 0. The number of likely N-dealkylation sites (tertiary alicyclic amines) is 3. The van der Waals surface area contributed by atoms with Gasteiger partial charge in [-0.1, -0.05) is 0 Å². The largest absolute Gasteiger partial charge is 0.369 e. The first-order valence-corrected chi connectivity index (χ1v) is 9.17. The topological polar surface area (TPSA) is 69.9 Å². The van der Waals surface area contributed by atoms with E-state index in [0.717, 1.165) is 65.0 Å². The summed E-state index contributed by atoms with van der Waals surface area (Å²) in [4.78, 5) is 30.4. The maximum absolute atomic E-state index is 12.6. The van der Waals surface area contributed by atoms with E-state index in [4.69, 9.17) is 5.73 Å². The highest BCUT2D eigenvalue weighted by Gasteiger charge is 2.34. The van der Waals surface area contributed by atoms with E-state index in [1.54, 1.807) is 0 Å². The van der Waals surface area contributed by atoms with Crippen LogP contribution in [0, 0.1) is 5.92 Å². The number of carbonyl (C=O) groups is 2. The van der Waals surface area contributed by atoms with Crippen LogP contribution >= 0.6 is 0 Å². The Morgan fingerprint density at radius 2 is 1.61 bits per heavy atom. The molecule has 6 heteroatoms. The average Bonchev–Trinajstić information content (AvgIpc) is 3.09. The van der Waals surface area contributed by atoms with Gasteiger partial charge in [-0.15, -0.1) is 0 Å². The Labute approximate surface area is 139 Å². The molecule has 0 radical (unpaired) electrons. The Hall–Kier alpha value is -1.14. The first-order valence-electron chi connectivity index (χ1n) is 9.17. The molecule has 3 aliphatic heterocycles. The predicted molar refractivity (Wildman–Crippen MR) is 88.8 cm³/mol.